The molecular weight excluding hydrogens is 377 g/mol. The number of carbonyl (C=O) groups is 3. The van der Waals surface area contributed by atoms with Gasteiger partial charge in [-0.2, -0.15) is 0 Å². The van der Waals surface area contributed by atoms with Crippen LogP contribution in [-0.4, -0.2) is 37.1 Å². The van der Waals surface area contributed by atoms with Gasteiger partial charge in [0.25, 0.3) is 11.8 Å². The highest BCUT2D eigenvalue weighted by Gasteiger charge is 2.49. The van der Waals surface area contributed by atoms with Crippen LogP contribution in [0.3, 0.4) is 0 Å². The van der Waals surface area contributed by atoms with E-state index in [0.29, 0.717) is 22.4 Å². The Bertz CT molecular complexity index is 1020. The monoisotopic (exact) mass is 397 g/mol. The zero-order valence-corrected chi connectivity index (χ0v) is 15.9. The standard InChI is InChI=1S/C20H20FN5O3/c1-11-9-12(3-8-15(11)21)17(27)26-14-6-4-13(5-7-14)20(19(22)29)16(18(28)23-2)24-10-25-20/h3-9,25H,10H2,1-2H3,(H2,22,29)(H,23,28)(H,26,27). The molecule has 3 amide bonds. The largest absolute Gasteiger partial charge is 0.367 e. The van der Waals surface area contributed by atoms with Gasteiger partial charge in [0, 0.05) is 18.3 Å². The van der Waals surface area contributed by atoms with Gasteiger partial charge in [0.2, 0.25) is 5.91 Å². The Morgan fingerprint density at radius 1 is 1.14 bits per heavy atom. The van der Waals surface area contributed by atoms with E-state index in [9.17, 15) is 18.8 Å². The number of amides is 3. The molecule has 0 fully saturated rings. The minimum absolute atomic E-state index is 0.0222. The van der Waals surface area contributed by atoms with Crippen molar-refractivity contribution in [2.45, 2.75) is 12.5 Å². The number of primary amides is 1. The van der Waals surface area contributed by atoms with Gasteiger partial charge in [-0.25, -0.2) is 4.39 Å². The van der Waals surface area contributed by atoms with Crippen molar-refractivity contribution in [3.8, 4) is 0 Å². The lowest BCUT2D eigenvalue weighted by atomic mass is 9.84. The summed E-state index contributed by atoms with van der Waals surface area (Å²) in [6.07, 6.45) is 0. The van der Waals surface area contributed by atoms with Crippen molar-refractivity contribution in [3.05, 3.63) is 65.0 Å². The number of rotatable bonds is 5. The summed E-state index contributed by atoms with van der Waals surface area (Å²) in [6, 6.07) is 10.4. The second-order valence-electron chi connectivity index (χ2n) is 6.53. The Hall–Kier alpha value is -3.59. The topological polar surface area (TPSA) is 126 Å². The highest BCUT2D eigenvalue weighted by Crippen LogP contribution is 2.28. The van der Waals surface area contributed by atoms with Gasteiger partial charge < -0.3 is 16.4 Å². The molecule has 1 aliphatic rings. The number of benzene rings is 2. The first-order valence-electron chi connectivity index (χ1n) is 8.79. The number of nitrogens with one attached hydrogen (secondary N) is 3. The van der Waals surface area contributed by atoms with Crippen molar-refractivity contribution in [2.75, 3.05) is 19.0 Å². The smallest absolute Gasteiger partial charge is 0.267 e. The molecule has 1 unspecified atom stereocenters. The Kier molecular flexibility index (Phi) is 5.42. The van der Waals surface area contributed by atoms with Crippen LogP contribution in [0.4, 0.5) is 10.1 Å². The number of anilines is 1. The van der Waals surface area contributed by atoms with E-state index in [-0.39, 0.29) is 18.2 Å². The summed E-state index contributed by atoms with van der Waals surface area (Å²) < 4.78 is 13.4. The van der Waals surface area contributed by atoms with Crippen molar-refractivity contribution < 1.29 is 18.8 Å². The number of nitrogens with zero attached hydrogens (tertiary/aromatic N) is 1. The third-order valence-electron chi connectivity index (χ3n) is 4.74. The second kappa shape index (κ2) is 7.80. The second-order valence-corrected chi connectivity index (χ2v) is 6.53. The fourth-order valence-electron chi connectivity index (χ4n) is 3.18. The van der Waals surface area contributed by atoms with Crippen LogP contribution in [0, 0.1) is 12.7 Å². The number of nitrogens with two attached hydrogens (primary N) is 1. The molecule has 5 N–H and O–H groups in total. The number of aliphatic imine (C=N–C) groups is 1. The molecule has 0 bridgehead atoms. The third kappa shape index (κ3) is 3.59. The molecule has 8 nitrogen and oxygen atoms in total. The van der Waals surface area contributed by atoms with E-state index in [1.54, 1.807) is 31.2 Å². The van der Waals surface area contributed by atoms with Crippen LogP contribution in [0.1, 0.15) is 21.5 Å². The molecule has 9 heteroatoms. The molecule has 0 spiro atoms. The number of hydrogen-bond acceptors (Lipinski definition) is 5. The van der Waals surface area contributed by atoms with Crippen molar-refractivity contribution in [2.24, 2.45) is 10.7 Å². The highest BCUT2D eigenvalue weighted by molar-refractivity contribution is 6.47. The molecule has 0 aromatic heterocycles. The summed E-state index contributed by atoms with van der Waals surface area (Å²) in [5.74, 6) is -2.08. The summed E-state index contributed by atoms with van der Waals surface area (Å²) in [5, 5.41) is 8.04. The fourth-order valence-corrected chi connectivity index (χ4v) is 3.18. The third-order valence-corrected chi connectivity index (χ3v) is 4.74. The molecule has 0 saturated heterocycles. The van der Waals surface area contributed by atoms with E-state index in [0.717, 1.165) is 0 Å². The molecule has 2 aromatic rings. The van der Waals surface area contributed by atoms with Gasteiger partial charge in [0.15, 0.2) is 5.54 Å². The van der Waals surface area contributed by atoms with Crippen molar-refractivity contribution in [1.29, 1.82) is 0 Å². The van der Waals surface area contributed by atoms with Gasteiger partial charge >= 0.3 is 0 Å². The van der Waals surface area contributed by atoms with Gasteiger partial charge in [-0.1, -0.05) is 12.1 Å². The van der Waals surface area contributed by atoms with Crippen LogP contribution < -0.4 is 21.7 Å². The Morgan fingerprint density at radius 3 is 2.41 bits per heavy atom. The predicted octanol–water partition coefficient (Wildman–Crippen LogP) is 0.815. The molecule has 3 rings (SSSR count). The van der Waals surface area contributed by atoms with E-state index in [1.165, 1.54) is 25.2 Å². The van der Waals surface area contributed by atoms with E-state index in [4.69, 9.17) is 5.73 Å². The summed E-state index contributed by atoms with van der Waals surface area (Å²) in [5.41, 5.74) is 5.58. The van der Waals surface area contributed by atoms with Gasteiger partial charge in [-0.3, -0.25) is 24.7 Å². The normalized spacial score (nSPS) is 18.1. The van der Waals surface area contributed by atoms with Crippen molar-refractivity contribution >= 4 is 29.1 Å². The molecule has 1 aliphatic heterocycles. The molecule has 29 heavy (non-hydrogen) atoms. The lowest BCUT2D eigenvalue weighted by Crippen LogP contribution is -2.58. The quantitative estimate of drug-likeness (QED) is 0.596. The minimum Gasteiger partial charge on any atom is -0.367 e. The molecular formula is C20H20FN5O3. The lowest BCUT2D eigenvalue weighted by Gasteiger charge is -2.27. The predicted molar refractivity (Wildman–Crippen MR) is 106 cm³/mol. The van der Waals surface area contributed by atoms with Gasteiger partial charge in [0.1, 0.15) is 11.5 Å². The maximum absolute atomic E-state index is 13.4. The van der Waals surface area contributed by atoms with Crippen LogP contribution in [-0.2, 0) is 15.1 Å². The fraction of sp³-hybridized carbons (Fsp3) is 0.200. The Morgan fingerprint density at radius 2 is 1.83 bits per heavy atom. The Labute approximate surface area is 166 Å². The summed E-state index contributed by atoms with van der Waals surface area (Å²) in [7, 11) is 1.44. The number of aryl methyl sites for hydroxylation is 1. The first-order valence-corrected chi connectivity index (χ1v) is 8.79. The number of hydrogen-bond donors (Lipinski definition) is 4. The van der Waals surface area contributed by atoms with Crippen LogP contribution >= 0.6 is 0 Å². The average molecular weight is 397 g/mol. The lowest BCUT2D eigenvalue weighted by molar-refractivity contribution is -0.123. The first-order chi connectivity index (χ1) is 13.8. The molecule has 0 aliphatic carbocycles. The van der Waals surface area contributed by atoms with Crippen LogP contribution in [0.2, 0.25) is 0 Å². The summed E-state index contributed by atoms with van der Waals surface area (Å²) >= 11 is 0. The molecule has 0 saturated carbocycles. The summed E-state index contributed by atoms with van der Waals surface area (Å²) in [4.78, 5) is 40.9. The maximum atomic E-state index is 13.4. The highest BCUT2D eigenvalue weighted by atomic mass is 19.1. The van der Waals surface area contributed by atoms with E-state index >= 15 is 0 Å². The number of halogens is 1. The van der Waals surface area contributed by atoms with Gasteiger partial charge in [0.05, 0.1) is 6.67 Å². The molecule has 150 valence electrons. The van der Waals surface area contributed by atoms with Gasteiger partial charge in [-0.05, 0) is 48.4 Å². The van der Waals surface area contributed by atoms with Crippen LogP contribution in [0.5, 0.6) is 0 Å². The Balaban J connectivity index is 1.86. The summed E-state index contributed by atoms with van der Waals surface area (Å²) in [6.45, 7) is 1.64. The average Bonchev–Trinajstić information content (AvgIpc) is 3.16. The first kappa shape index (κ1) is 20.2. The van der Waals surface area contributed by atoms with Crippen LogP contribution in [0.25, 0.3) is 0 Å². The van der Waals surface area contributed by atoms with Crippen molar-refractivity contribution in [3.63, 3.8) is 0 Å². The zero-order chi connectivity index (χ0) is 21.2. The van der Waals surface area contributed by atoms with E-state index < -0.39 is 23.3 Å². The minimum atomic E-state index is -1.56. The number of carbonyl (C=O) groups excluding carboxylic acids is 3. The maximum Gasteiger partial charge on any atom is 0.267 e. The molecule has 0 radical (unpaired) electrons. The van der Waals surface area contributed by atoms with Gasteiger partial charge in [-0.15, -0.1) is 0 Å². The van der Waals surface area contributed by atoms with Crippen molar-refractivity contribution in [1.82, 2.24) is 10.6 Å². The van der Waals surface area contributed by atoms with E-state index in [2.05, 4.69) is 20.9 Å². The molecule has 2 aromatic carbocycles. The van der Waals surface area contributed by atoms with E-state index in [1.807, 2.05) is 0 Å². The molecule has 1 atom stereocenters. The SMILES string of the molecule is CNC(=O)C1=NCNC1(C(N)=O)c1ccc(NC(=O)c2ccc(F)c(C)c2)cc1. The van der Waals surface area contributed by atoms with Crippen LogP contribution in [0.15, 0.2) is 47.5 Å². The zero-order valence-electron chi connectivity index (χ0n) is 15.9. The molecule has 1 heterocycles.